The molecule has 0 bridgehead atoms. The van der Waals surface area contributed by atoms with E-state index in [0.717, 1.165) is 23.7 Å². The Bertz CT molecular complexity index is 201. The summed E-state index contributed by atoms with van der Waals surface area (Å²) in [7, 11) is 0. The van der Waals surface area contributed by atoms with E-state index in [4.69, 9.17) is 0 Å². The van der Waals surface area contributed by atoms with Gasteiger partial charge in [0.1, 0.15) is 0 Å². The van der Waals surface area contributed by atoms with Gasteiger partial charge in [0.2, 0.25) is 0 Å². The van der Waals surface area contributed by atoms with Gasteiger partial charge in [-0.2, -0.15) is 0 Å². The van der Waals surface area contributed by atoms with E-state index in [-0.39, 0.29) is 0 Å². The van der Waals surface area contributed by atoms with Gasteiger partial charge in [-0.1, -0.05) is 58.0 Å². The van der Waals surface area contributed by atoms with Gasteiger partial charge >= 0.3 is 0 Å². The molecule has 0 amide bonds. The van der Waals surface area contributed by atoms with Crippen molar-refractivity contribution in [3.8, 4) is 0 Å². The van der Waals surface area contributed by atoms with Gasteiger partial charge in [-0.3, -0.25) is 0 Å². The van der Waals surface area contributed by atoms with Crippen LogP contribution in [0.3, 0.4) is 0 Å². The van der Waals surface area contributed by atoms with Gasteiger partial charge in [0.25, 0.3) is 0 Å². The normalized spacial score (nSPS) is 60.3. The molecule has 0 radical (unpaired) electrons. The first-order valence-electron chi connectivity index (χ1n) is 5.00. The monoisotopic (exact) mass is 150 g/mol. The van der Waals surface area contributed by atoms with Gasteiger partial charge in [0.05, 0.1) is 0 Å². The summed E-state index contributed by atoms with van der Waals surface area (Å²) in [6.07, 6.45) is 1.37. The lowest BCUT2D eigenvalue weighted by Gasteiger charge is -2.51. The fourth-order valence-electron chi connectivity index (χ4n) is 4.11. The largest absolute Gasteiger partial charge is 0.152 e. The molecular weight excluding hydrogens is 131 g/mol. The molecule has 1 heteroatoms. The first-order chi connectivity index (χ1) is 5.00. The molecule has 2 heterocycles. The highest BCUT2D eigenvalue weighted by Crippen LogP contribution is 2.89. The van der Waals surface area contributed by atoms with Crippen LogP contribution in [0.15, 0.2) is 0 Å². The molecule has 4 unspecified atom stereocenters. The maximum atomic E-state index is 2.49. The third kappa shape index (κ3) is 0.503. The molecule has 11 heavy (non-hydrogen) atoms. The zero-order valence-corrected chi connectivity index (χ0v) is 8.44. The lowest BCUT2D eigenvalue weighted by molar-refractivity contribution is 0.199. The molecule has 0 nitrogen and oxygen atoms in total. The van der Waals surface area contributed by atoms with Crippen molar-refractivity contribution in [2.24, 2.45) is 5.41 Å². The van der Waals surface area contributed by atoms with Crippen molar-refractivity contribution >= 4 is 6.71 Å². The van der Waals surface area contributed by atoms with E-state index in [1.165, 1.54) is 6.42 Å². The molecule has 2 rings (SSSR count). The van der Waals surface area contributed by atoms with Gasteiger partial charge in [-0.15, -0.1) is 0 Å². The van der Waals surface area contributed by atoms with Crippen molar-refractivity contribution < 1.29 is 0 Å². The van der Waals surface area contributed by atoms with Crippen LogP contribution in [-0.4, -0.2) is 6.71 Å². The van der Waals surface area contributed by atoms with E-state index < -0.39 is 0 Å². The summed E-state index contributed by atoms with van der Waals surface area (Å²) in [5.74, 6) is 1.98. The number of rotatable bonds is 1. The second-order valence-corrected chi connectivity index (χ2v) is 5.16. The first kappa shape index (κ1) is 7.70. The van der Waals surface area contributed by atoms with Crippen molar-refractivity contribution in [1.29, 1.82) is 0 Å². The fourth-order valence-corrected chi connectivity index (χ4v) is 4.11. The molecule has 4 atom stereocenters. The molecule has 0 spiro atoms. The summed E-state index contributed by atoms with van der Waals surface area (Å²) in [5, 5.41) is 0.723. The summed E-state index contributed by atoms with van der Waals surface area (Å²) in [5.41, 5.74) is 0.664. The first-order valence-corrected chi connectivity index (χ1v) is 5.00. The van der Waals surface area contributed by atoms with Gasteiger partial charge in [0.15, 0.2) is 6.71 Å². The Balaban J connectivity index is 2.26. The van der Waals surface area contributed by atoms with E-state index >= 15 is 0 Å². The predicted molar refractivity (Wildman–Crippen MR) is 51.4 cm³/mol. The zero-order chi connectivity index (χ0) is 8.44. The minimum Gasteiger partial charge on any atom is -0.0692 e. The van der Waals surface area contributed by atoms with Gasteiger partial charge in [0, 0.05) is 0 Å². The predicted octanol–water partition coefficient (Wildman–Crippen LogP) is 3.47. The topological polar surface area (TPSA) is 0 Å². The van der Waals surface area contributed by atoms with Crippen LogP contribution >= 0.6 is 0 Å². The number of fused-ring (bicyclic) bond motifs is 1. The second-order valence-electron chi connectivity index (χ2n) is 5.16. The van der Waals surface area contributed by atoms with Gasteiger partial charge in [-0.05, 0) is 5.41 Å². The minimum absolute atomic E-state index is 0.664. The van der Waals surface area contributed by atoms with E-state index in [2.05, 4.69) is 34.6 Å². The Kier molecular flexibility index (Phi) is 1.19. The highest BCUT2D eigenvalue weighted by Gasteiger charge is 2.81. The molecule has 0 N–H and O–H groups in total. The standard InChI is InChI=1S/C10H19B/c1-6-9(4)7(2)11-8(3)10(9,11)5/h7-8H,6H2,1-5H3. The average molecular weight is 150 g/mol. The fraction of sp³-hybridized carbons (Fsp3) is 1.00. The molecule has 2 aliphatic heterocycles. The van der Waals surface area contributed by atoms with Gasteiger partial charge < -0.3 is 0 Å². The maximum Gasteiger partial charge on any atom is 0.152 e. The molecule has 0 saturated carbocycles. The lowest BCUT2D eigenvalue weighted by Crippen LogP contribution is -2.42. The van der Waals surface area contributed by atoms with E-state index in [9.17, 15) is 0 Å². The minimum atomic E-state index is 0.664. The highest BCUT2D eigenvalue weighted by atomic mass is 14.7. The highest BCUT2D eigenvalue weighted by molar-refractivity contribution is 6.81. The van der Waals surface area contributed by atoms with E-state index in [1.54, 1.807) is 0 Å². The summed E-state index contributed by atoms with van der Waals surface area (Å²) < 4.78 is 0. The molecule has 2 fully saturated rings. The Labute approximate surface area is 70.8 Å². The quantitative estimate of drug-likeness (QED) is 0.502. The van der Waals surface area contributed by atoms with Crippen LogP contribution in [0, 0.1) is 5.41 Å². The van der Waals surface area contributed by atoms with Crippen LogP contribution in [0.5, 0.6) is 0 Å². The molecule has 62 valence electrons. The summed E-state index contributed by atoms with van der Waals surface area (Å²) >= 11 is 0. The molecule has 0 aromatic rings. The molecule has 0 aliphatic carbocycles. The molecule has 0 aromatic heterocycles. The Morgan fingerprint density at radius 2 is 1.73 bits per heavy atom. The van der Waals surface area contributed by atoms with Crippen LogP contribution in [0.2, 0.25) is 16.9 Å². The lowest BCUT2D eigenvalue weighted by atomic mass is 9.28. The maximum absolute atomic E-state index is 2.49. The van der Waals surface area contributed by atoms with Crippen LogP contribution in [0.1, 0.15) is 41.0 Å². The van der Waals surface area contributed by atoms with Gasteiger partial charge in [-0.25, -0.2) is 0 Å². The van der Waals surface area contributed by atoms with Crippen molar-refractivity contribution in [2.75, 3.05) is 0 Å². The Hall–Kier alpha value is 0.0649. The zero-order valence-electron chi connectivity index (χ0n) is 8.44. The SMILES string of the molecule is CCC1(C)C(C)B2C(C)C21C. The molecular formula is C10H19B. The Morgan fingerprint density at radius 1 is 1.18 bits per heavy atom. The summed E-state index contributed by atoms with van der Waals surface area (Å²) in [6, 6.07) is 0. The molecule has 2 saturated heterocycles. The third-order valence-corrected chi connectivity index (χ3v) is 5.58. The molecule has 2 aliphatic rings. The van der Waals surface area contributed by atoms with Crippen LogP contribution in [-0.2, 0) is 0 Å². The van der Waals surface area contributed by atoms with Crippen LogP contribution in [0.4, 0.5) is 0 Å². The van der Waals surface area contributed by atoms with E-state index in [1.807, 2.05) is 0 Å². The summed E-state index contributed by atoms with van der Waals surface area (Å²) in [4.78, 5) is 0. The average Bonchev–Trinajstić information content (AvgIpc) is 2.51. The third-order valence-electron chi connectivity index (χ3n) is 5.58. The van der Waals surface area contributed by atoms with Crippen molar-refractivity contribution in [2.45, 2.75) is 58.0 Å². The number of hydrogen-bond acceptors (Lipinski definition) is 0. The summed E-state index contributed by atoms with van der Waals surface area (Å²) in [6.45, 7) is 13.3. The molecule has 0 aromatic carbocycles. The van der Waals surface area contributed by atoms with Crippen LogP contribution < -0.4 is 0 Å². The van der Waals surface area contributed by atoms with E-state index in [0.29, 0.717) is 5.41 Å². The second kappa shape index (κ2) is 1.70. The van der Waals surface area contributed by atoms with Crippen molar-refractivity contribution in [1.82, 2.24) is 0 Å². The number of hydrogen-bond donors (Lipinski definition) is 0. The van der Waals surface area contributed by atoms with Crippen LogP contribution in [0.25, 0.3) is 0 Å². The smallest absolute Gasteiger partial charge is 0.0692 e. The van der Waals surface area contributed by atoms with Crippen molar-refractivity contribution in [3.05, 3.63) is 0 Å². The van der Waals surface area contributed by atoms with Crippen molar-refractivity contribution in [3.63, 3.8) is 0 Å². The Morgan fingerprint density at radius 3 is 1.91 bits per heavy atom.